The van der Waals surface area contributed by atoms with Gasteiger partial charge in [-0.15, -0.1) is 0 Å². The molecular weight excluding hydrogens is 277 g/mol. The van der Waals surface area contributed by atoms with Gasteiger partial charge in [-0.2, -0.15) is 13.2 Å². The number of halogens is 4. The second kappa shape index (κ2) is 6.59. The van der Waals surface area contributed by atoms with E-state index in [0.717, 1.165) is 0 Å². The van der Waals surface area contributed by atoms with Gasteiger partial charge < -0.3 is 5.73 Å². The largest absolute Gasteiger partial charge is 0.401 e. The summed E-state index contributed by atoms with van der Waals surface area (Å²) in [5, 5.41) is 0.492. The molecule has 2 nitrogen and oxygen atoms in total. The van der Waals surface area contributed by atoms with Crippen LogP contribution in [-0.4, -0.2) is 30.2 Å². The molecule has 0 aromatic heterocycles. The standard InChI is InChI=1S/C13H18ClF3N2/c1-9(2)19(8-13(15,16)17)12(7-18)10-4-3-5-11(14)6-10/h3-6,9,12H,7-8,18H2,1-2H3. The Balaban J connectivity index is 3.03. The molecule has 1 rings (SSSR count). The van der Waals surface area contributed by atoms with Crippen molar-refractivity contribution < 1.29 is 13.2 Å². The summed E-state index contributed by atoms with van der Waals surface area (Å²) >= 11 is 5.88. The van der Waals surface area contributed by atoms with Crippen LogP contribution in [0.25, 0.3) is 0 Å². The highest BCUT2D eigenvalue weighted by molar-refractivity contribution is 6.30. The molecule has 0 fully saturated rings. The van der Waals surface area contributed by atoms with Crippen LogP contribution >= 0.6 is 11.6 Å². The van der Waals surface area contributed by atoms with Gasteiger partial charge in [-0.25, -0.2) is 0 Å². The Morgan fingerprint density at radius 1 is 1.32 bits per heavy atom. The molecule has 0 heterocycles. The summed E-state index contributed by atoms with van der Waals surface area (Å²) in [7, 11) is 0. The summed E-state index contributed by atoms with van der Waals surface area (Å²) in [6.45, 7) is 2.56. The van der Waals surface area contributed by atoms with Gasteiger partial charge in [-0.3, -0.25) is 4.90 Å². The number of rotatable bonds is 5. The predicted molar refractivity (Wildman–Crippen MR) is 71.1 cm³/mol. The van der Waals surface area contributed by atoms with E-state index < -0.39 is 18.8 Å². The average molecular weight is 295 g/mol. The van der Waals surface area contributed by atoms with Crippen molar-refractivity contribution in [2.75, 3.05) is 13.1 Å². The van der Waals surface area contributed by atoms with Crippen LogP contribution in [0.5, 0.6) is 0 Å². The predicted octanol–water partition coefficient (Wildman–Crippen LogP) is 3.61. The lowest BCUT2D eigenvalue weighted by Gasteiger charge is -2.35. The topological polar surface area (TPSA) is 29.3 Å². The van der Waals surface area contributed by atoms with E-state index in [1.165, 1.54) is 4.90 Å². The first-order valence-electron chi connectivity index (χ1n) is 6.02. The zero-order chi connectivity index (χ0) is 14.6. The third kappa shape index (κ3) is 5.01. The van der Waals surface area contributed by atoms with E-state index in [1.54, 1.807) is 38.1 Å². The number of alkyl halides is 3. The smallest absolute Gasteiger partial charge is 0.329 e. The van der Waals surface area contributed by atoms with Crippen LogP contribution in [-0.2, 0) is 0 Å². The molecule has 0 amide bonds. The molecule has 1 unspecified atom stereocenters. The van der Waals surface area contributed by atoms with Crippen molar-refractivity contribution in [2.45, 2.75) is 32.1 Å². The zero-order valence-corrected chi connectivity index (χ0v) is 11.7. The molecule has 0 bridgehead atoms. The van der Waals surface area contributed by atoms with Gasteiger partial charge in [0, 0.05) is 23.7 Å². The Bertz CT molecular complexity index is 407. The summed E-state index contributed by atoms with van der Waals surface area (Å²) < 4.78 is 37.9. The Morgan fingerprint density at radius 2 is 1.95 bits per heavy atom. The molecule has 108 valence electrons. The van der Waals surface area contributed by atoms with E-state index in [9.17, 15) is 13.2 Å². The van der Waals surface area contributed by atoms with Crippen molar-refractivity contribution in [1.82, 2.24) is 4.90 Å². The Labute approximate surface area is 116 Å². The van der Waals surface area contributed by atoms with Crippen LogP contribution in [0, 0.1) is 0 Å². The first-order valence-corrected chi connectivity index (χ1v) is 6.40. The summed E-state index contributed by atoms with van der Waals surface area (Å²) in [5.74, 6) is 0. The number of hydrogen-bond acceptors (Lipinski definition) is 2. The number of hydrogen-bond donors (Lipinski definition) is 1. The van der Waals surface area contributed by atoms with Crippen LogP contribution in [0.2, 0.25) is 5.02 Å². The number of benzene rings is 1. The maximum Gasteiger partial charge on any atom is 0.401 e. The third-order valence-electron chi connectivity index (χ3n) is 2.88. The van der Waals surface area contributed by atoms with Crippen LogP contribution in [0.3, 0.4) is 0 Å². The highest BCUT2D eigenvalue weighted by Gasteiger charge is 2.35. The monoisotopic (exact) mass is 294 g/mol. The van der Waals surface area contributed by atoms with E-state index in [4.69, 9.17) is 17.3 Å². The first-order chi connectivity index (χ1) is 8.74. The summed E-state index contributed by atoms with van der Waals surface area (Å²) in [6.07, 6.45) is -4.25. The van der Waals surface area contributed by atoms with E-state index >= 15 is 0 Å². The van der Waals surface area contributed by atoms with E-state index in [0.29, 0.717) is 10.6 Å². The summed E-state index contributed by atoms with van der Waals surface area (Å²) in [5.41, 5.74) is 6.36. The fourth-order valence-corrected chi connectivity index (χ4v) is 2.24. The Hall–Kier alpha value is -0.780. The SMILES string of the molecule is CC(C)N(CC(F)(F)F)C(CN)c1cccc(Cl)c1. The second-order valence-corrected chi connectivity index (χ2v) is 5.12. The molecule has 1 atom stereocenters. The van der Waals surface area contributed by atoms with Crippen molar-refractivity contribution in [2.24, 2.45) is 5.73 Å². The second-order valence-electron chi connectivity index (χ2n) is 4.69. The average Bonchev–Trinajstić information content (AvgIpc) is 2.27. The molecule has 1 aromatic rings. The third-order valence-corrected chi connectivity index (χ3v) is 3.12. The lowest BCUT2D eigenvalue weighted by atomic mass is 10.0. The van der Waals surface area contributed by atoms with Gasteiger partial charge >= 0.3 is 6.18 Å². The lowest BCUT2D eigenvalue weighted by Crippen LogP contribution is -2.44. The van der Waals surface area contributed by atoms with Crippen molar-refractivity contribution in [1.29, 1.82) is 0 Å². The van der Waals surface area contributed by atoms with Crippen LogP contribution < -0.4 is 5.73 Å². The molecule has 0 aliphatic heterocycles. The van der Waals surface area contributed by atoms with Gasteiger partial charge in [0.1, 0.15) is 0 Å². The Morgan fingerprint density at radius 3 is 2.37 bits per heavy atom. The minimum absolute atomic E-state index is 0.106. The van der Waals surface area contributed by atoms with Crippen molar-refractivity contribution in [3.63, 3.8) is 0 Å². The van der Waals surface area contributed by atoms with Crippen LogP contribution in [0.1, 0.15) is 25.5 Å². The van der Waals surface area contributed by atoms with Gasteiger partial charge in [-0.1, -0.05) is 23.7 Å². The van der Waals surface area contributed by atoms with Crippen LogP contribution in [0.15, 0.2) is 24.3 Å². The van der Waals surface area contributed by atoms with Gasteiger partial charge in [-0.05, 0) is 31.5 Å². The fraction of sp³-hybridized carbons (Fsp3) is 0.538. The summed E-state index contributed by atoms with van der Waals surface area (Å²) in [6, 6.07) is 6.03. The highest BCUT2D eigenvalue weighted by Crippen LogP contribution is 2.28. The van der Waals surface area contributed by atoms with Gasteiger partial charge in [0.25, 0.3) is 0 Å². The van der Waals surface area contributed by atoms with E-state index in [2.05, 4.69) is 0 Å². The molecular formula is C13H18ClF3N2. The minimum atomic E-state index is -4.25. The fourth-order valence-electron chi connectivity index (χ4n) is 2.04. The molecule has 0 saturated heterocycles. The molecule has 0 aliphatic carbocycles. The molecule has 1 aromatic carbocycles. The van der Waals surface area contributed by atoms with Crippen molar-refractivity contribution in [3.05, 3.63) is 34.9 Å². The van der Waals surface area contributed by atoms with Crippen molar-refractivity contribution in [3.8, 4) is 0 Å². The maximum absolute atomic E-state index is 12.6. The van der Waals surface area contributed by atoms with Crippen LogP contribution in [0.4, 0.5) is 13.2 Å². The van der Waals surface area contributed by atoms with E-state index in [1.807, 2.05) is 0 Å². The quantitative estimate of drug-likeness (QED) is 0.899. The van der Waals surface area contributed by atoms with Gasteiger partial charge in [0.15, 0.2) is 0 Å². The normalized spacial score (nSPS) is 14.2. The molecule has 19 heavy (non-hydrogen) atoms. The number of nitrogens with zero attached hydrogens (tertiary/aromatic N) is 1. The molecule has 0 aliphatic rings. The van der Waals surface area contributed by atoms with Gasteiger partial charge in [0.2, 0.25) is 0 Å². The molecule has 0 radical (unpaired) electrons. The molecule has 6 heteroatoms. The molecule has 0 spiro atoms. The minimum Gasteiger partial charge on any atom is -0.329 e. The highest BCUT2D eigenvalue weighted by atomic mass is 35.5. The Kier molecular flexibility index (Phi) is 5.64. The lowest BCUT2D eigenvalue weighted by molar-refractivity contribution is -0.155. The molecule has 2 N–H and O–H groups in total. The molecule has 0 saturated carbocycles. The first kappa shape index (κ1) is 16.3. The van der Waals surface area contributed by atoms with E-state index in [-0.39, 0.29) is 12.6 Å². The maximum atomic E-state index is 12.6. The van der Waals surface area contributed by atoms with Crippen molar-refractivity contribution >= 4 is 11.6 Å². The summed E-state index contributed by atoms with van der Waals surface area (Å²) in [4.78, 5) is 1.34. The number of nitrogens with two attached hydrogens (primary N) is 1. The zero-order valence-electron chi connectivity index (χ0n) is 10.9. The van der Waals surface area contributed by atoms with Gasteiger partial charge in [0.05, 0.1) is 6.54 Å².